The molecular weight excluding hydrogens is 510 g/mol. The van der Waals surface area contributed by atoms with Gasteiger partial charge in [0.25, 0.3) is 0 Å². The van der Waals surface area contributed by atoms with Gasteiger partial charge in [0.2, 0.25) is 6.29 Å². The number of aryl methyl sites for hydroxylation is 2. The van der Waals surface area contributed by atoms with E-state index in [9.17, 15) is 30.6 Å². The molecule has 1 saturated heterocycles. The van der Waals surface area contributed by atoms with Crippen LogP contribution in [0.5, 0.6) is 11.5 Å². The molecule has 1 aliphatic heterocycles. The molecule has 1 fully saturated rings. The third kappa shape index (κ3) is 6.89. The Hall–Kier alpha value is -2.74. The maximum Gasteiger partial charge on any atom is 0.229 e. The molecule has 0 saturated carbocycles. The summed E-state index contributed by atoms with van der Waals surface area (Å²) in [5.74, 6) is 1.08. The van der Waals surface area contributed by atoms with Gasteiger partial charge in [-0.3, -0.25) is 0 Å². The van der Waals surface area contributed by atoms with Crippen LogP contribution in [-0.4, -0.2) is 99.9 Å². The van der Waals surface area contributed by atoms with Crippen LogP contribution in [0.3, 0.4) is 0 Å². The first-order valence-corrected chi connectivity index (χ1v) is 12.9. The quantitative estimate of drug-likeness (QED) is 0.145. The number of furan rings is 1. The Balaban J connectivity index is 1.41. The first-order chi connectivity index (χ1) is 18.8. The maximum atomic E-state index is 10.4. The number of benzene rings is 2. The lowest BCUT2D eigenvalue weighted by Crippen LogP contribution is -2.60. The van der Waals surface area contributed by atoms with E-state index in [0.29, 0.717) is 48.5 Å². The fraction of sp³-hybridized carbons (Fsp3) is 0.500. The summed E-state index contributed by atoms with van der Waals surface area (Å²) in [6.07, 6.45) is -3.97. The zero-order valence-corrected chi connectivity index (χ0v) is 21.8. The number of nitrogens with one attached hydrogen (secondary N) is 1. The van der Waals surface area contributed by atoms with Crippen molar-refractivity contribution in [2.45, 2.75) is 56.0 Å². The van der Waals surface area contributed by atoms with Crippen LogP contribution >= 0.6 is 0 Å². The standard InChI is InChI=1S/C28H37NO10/c1-28(15-31,16-32)29-10-11-36-19-5-2-4-17(12-19)8-9-18-14-37-20-6-3-7-21(23(18)20)38-27-26(35)25(34)24(33)22(13-30)39-27/h2-7,12,14,22,24-27,29-35H,8-11,13,15-16H2,1H3/t22-,24-,25+,26-,27-/m1/s1. The molecule has 2 aromatic carbocycles. The monoisotopic (exact) mass is 547 g/mol. The molecular formula is C28H37NO10. The molecule has 0 spiro atoms. The zero-order valence-electron chi connectivity index (χ0n) is 21.8. The fourth-order valence-corrected chi connectivity index (χ4v) is 4.44. The minimum Gasteiger partial charge on any atom is -0.492 e. The summed E-state index contributed by atoms with van der Waals surface area (Å²) in [4.78, 5) is 0. The van der Waals surface area contributed by atoms with E-state index >= 15 is 0 Å². The van der Waals surface area contributed by atoms with E-state index in [1.807, 2.05) is 24.3 Å². The van der Waals surface area contributed by atoms with Crippen LogP contribution in [0.2, 0.25) is 0 Å². The number of aliphatic hydroxyl groups is 6. The van der Waals surface area contributed by atoms with Crippen molar-refractivity contribution >= 4 is 11.0 Å². The van der Waals surface area contributed by atoms with Crippen molar-refractivity contribution in [1.29, 1.82) is 0 Å². The number of fused-ring (bicyclic) bond motifs is 1. The summed E-state index contributed by atoms with van der Waals surface area (Å²) in [6.45, 7) is 1.64. The molecule has 11 heteroatoms. The van der Waals surface area contributed by atoms with Gasteiger partial charge in [0.15, 0.2) is 0 Å². The molecule has 0 amide bonds. The zero-order chi connectivity index (χ0) is 28.0. The second kappa shape index (κ2) is 13.1. The largest absolute Gasteiger partial charge is 0.492 e. The van der Waals surface area contributed by atoms with Crippen molar-refractivity contribution < 1.29 is 49.3 Å². The van der Waals surface area contributed by atoms with Crippen LogP contribution in [0.4, 0.5) is 0 Å². The molecule has 0 unspecified atom stereocenters. The molecule has 5 atom stereocenters. The highest BCUT2D eigenvalue weighted by atomic mass is 16.7. The summed E-state index contributed by atoms with van der Waals surface area (Å²) in [6, 6.07) is 12.9. The number of hydrogen-bond donors (Lipinski definition) is 7. The first kappa shape index (κ1) is 29.2. The van der Waals surface area contributed by atoms with Crippen LogP contribution in [-0.2, 0) is 17.6 Å². The number of rotatable bonds is 13. The van der Waals surface area contributed by atoms with Crippen LogP contribution < -0.4 is 14.8 Å². The Bertz CT molecular complexity index is 1190. The first-order valence-electron chi connectivity index (χ1n) is 12.9. The van der Waals surface area contributed by atoms with Crippen molar-refractivity contribution in [3.8, 4) is 11.5 Å². The molecule has 1 aromatic heterocycles. The van der Waals surface area contributed by atoms with Gasteiger partial charge in [-0.05, 0) is 49.6 Å². The van der Waals surface area contributed by atoms with E-state index in [2.05, 4.69) is 5.32 Å². The average molecular weight is 548 g/mol. The van der Waals surface area contributed by atoms with Crippen LogP contribution in [0.25, 0.3) is 11.0 Å². The summed E-state index contributed by atoms with van der Waals surface area (Å²) in [5.41, 5.74) is 1.73. The Morgan fingerprint density at radius 3 is 2.46 bits per heavy atom. The molecule has 1 aliphatic rings. The summed E-state index contributed by atoms with van der Waals surface area (Å²) >= 11 is 0. The highest BCUT2D eigenvalue weighted by Crippen LogP contribution is 2.34. The topological polar surface area (TPSA) is 174 Å². The lowest BCUT2D eigenvalue weighted by atomic mass is 9.99. The molecule has 214 valence electrons. The van der Waals surface area contributed by atoms with Gasteiger partial charge in [-0.2, -0.15) is 0 Å². The van der Waals surface area contributed by atoms with E-state index in [1.54, 1.807) is 31.4 Å². The minimum atomic E-state index is -1.54. The molecule has 39 heavy (non-hydrogen) atoms. The number of aliphatic hydroxyl groups excluding tert-OH is 6. The van der Waals surface area contributed by atoms with Crippen LogP contribution in [0.15, 0.2) is 53.1 Å². The summed E-state index contributed by atoms with van der Waals surface area (Å²) < 4.78 is 23.0. The summed E-state index contributed by atoms with van der Waals surface area (Å²) in [7, 11) is 0. The molecule has 0 aliphatic carbocycles. The lowest BCUT2D eigenvalue weighted by molar-refractivity contribution is -0.277. The van der Waals surface area contributed by atoms with Gasteiger partial charge in [0.05, 0.1) is 37.0 Å². The molecule has 0 bridgehead atoms. The highest BCUT2D eigenvalue weighted by molar-refractivity contribution is 5.87. The second-order valence-corrected chi connectivity index (χ2v) is 10.0. The average Bonchev–Trinajstić information content (AvgIpc) is 3.38. The van der Waals surface area contributed by atoms with E-state index in [0.717, 1.165) is 11.1 Å². The van der Waals surface area contributed by atoms with Crippen molar-refractivity contribution in [3.63, 3.8) is 0 Å². The van der Waals surface area contributed by atoms with Gasteiger partial charge in [-0.15, -0.1) is 0 Å². The van der Waals surface area contributed by atoms with E-state index in [-0.39, 0.29) is 13.2 Å². The van der Waals surface area contributed by atoms with Gasteiger partial charge in [-0.25, -0.2) is 0 Å². The Morgan fingerprint density at radius 1 is 0.949 bits per heavy atom. The minimum absolute atomic E-state index is 0.184. The van der Waals surface area contributed by atoms with E-state index < -0.39 is 42.9 Å². The Morgan fingerprint density at radius 2 is 1.72 bits per heavy atom. The fourth-order valence-electron chi connectivity index (χ4n) is 4.44. The van der Waals surface area contributed by atoms with Crippen molar-refractivity contribution in [1.82, 2.24) is 5.32 Å². The predicted octanol–water partition coefficient (Wildman–Crippen LogP) is 0.108. The lowest BCUT2D eigenvalue weighted by Gasteiger charge is -2.39. The van der Waals surface area contributed by atoms with Gasteiger partial charge in [0, 0.05) is 12.1 Å². The van der Waals surface area contributed by atoms with Gasteiger partial charge < -0.3 is 54.6 Å². The normalized spacial score (nSPS) is 23.7. The third-order valence-electron chi connectivity index (χ3n) is 6.93. The van der Waals surface area contributed by atoms with Crippen LogP contribution in [0.1, 0.15) is 18.1 Å². The number of ether oxygens (including phenoxy) is 3. The Kier molecular flexibility index (Phi) is 9.81. The van der Waals surface area contributed by atoms with Crippen molar-refractivity contribution in [2.24, 2.45) is 0 Å². The molecule has 11 nitrogen and oxygen atoms in total. The molecule has 0 radical (unpaired) electrons. The van der Waals surface area contributed by atoms with E-state index in [1.165, 1.54) is 0 Å². The molecule has 2 heterocycles. The smallest absolute Gasteiger partial charge is 0.229 e. The van der Waals surface area contributed by atoms with Gasteiger partial charge in [0.1, 0.15) is 48.1 Å². The predicted molar refractivity (Wildman–Crippen MR) is 141 cm³/mol. The van der Waals surface area contributed by atoms with Crippen molar-refractivity contribution in [3.05, 3.63) is 59.9 Å². The second-order valence-electron chi connectivity index (χ2n) is 10.0. The molecule has 4 rings (SSSR count). The SMILES string of the molecule is CC(CO)(CO)NCCOc1cccc(CCc2coc3cccc(O[C@@H]4O[C@H](CO)[C@@H](O)[C@H](O)[C@H]4O)c23)c1. The van der Waals surface area contributed by atoms with Gasteiger partial charge in [-0.1, -0.05) is 18.2 Å². The molecule has 7 N–H and O–H groups in total. The Labute approximate surface area is 226 Å². The number of hydrogen-bond acceptors (Lipinski definition) is 11. The van der Waals surface area contributed by atoms with E-state index in [4.69, 9.17) is 18.6 Å². The highest BCUT2D eigenvalue weighted by Gasteiger charge is 2.44. The van der Waals surface area contributed by atoms with Crippen LogP contribution in [0, 0.1) is 0 Å². The summed E-state index contributed by atoms with van der Waals surface area (Å²) in [5, 5.41) is 62.5. The maximum absolute atomic E-state index is 10.4. The van der Waals surface area contributed by atoms with Gasteiger partial charge >= 0.3 is 0 Å². The van der Waals surface area contributed by atoms with Crippen molar-refractivity contribution in [2.75, 3.05) is 33.0 Å². The third-order valence-corrected chi connectivity index (χ3v) is 6.93. The molecule has 3 aromatic rings.